The maximum atomic E-state index is 9.15. The summed E-state index contributed by atoms with van der Waals surface area (Å²) in [5, 5.41) is 9.15. The van der Waals surface area contributed by atoms with Crippen LogP contribution in [0.15, 0.2) is 24.3 Å². The van der Waals surface area contributed by atoms with Crippen LogP contribution in [0.3, 0.4) is 0 Å². The highest BCUT2D eigenvalue weighted by Gasteiger charge is 2.22. The van der Waals surface area contributed by atoms with E-state index in [0.717, 1.165) is 12.1 Å². The second kappa shape index (κ2) is 5.84. The Morgan fingerprint density at radius 2 is 2.24 bits per heavy atom. The molecule has 2 nitrogen and oxygen atoms in total. The quantitative estimate of drug-likeness (QED) is 0.794. The summed E-state index contributed by atoms with van der Waals surface area (Å²) >= 11 is 0. The fourth-order valence-electron chi connectivity index (χ4n) is 2.78. The van der Waals surface area contributed by atoms with E-state index in [2.05, 4.69) is 30.0 Å². The van der Waals surface area contributed by atoms with Crippen LogP contribution >= 0.6 is 0 Å². The lowest BCUT2D eigenvalue weighted by atomic mass is 9.88. The van der Waals surface area contributed by atoms with Crippen LogP contribution in [0.5, 0.6) is 0 Å². The first-order valence-corrected chi connectivity index (χ1v) is 6.56. The van der Waals surface area contributed by atoms with E-state index in [9.17, 15) is 0 Å². The molecule has 90 valence electrons. The third-order valence-corrected chi connectivity index (χ3v) is 3.57. The first kappa shape index (κ1) is 12.1. The fourth-order valence-corrected chi connectivity index (χ4v) is 2.78. The van der Waals surface area contributed by atoms with E-state index in [0.29, 0.717) is 5.92 Å². The summed E-state index contributed by atoms with van der Waals surface area (Å²) in [6.45, 7) is 5.75. The van der Waals surface area contributed by atoms with Gasteiger partial charge in [-0.15, -0.1) is 0 Å². The molecule has 1 saturated heterocycles. The van der Waals surface area contributed by atoms with E-state index in [1.54, 1.807) is 0 Å². The molecule has 1 unspecified atom stereocenters. The van der Waals surface area contributed by atoms with Crippen molar-refractivity contribution in [2.75, 3.05) is 19.6 Å². The van der Waals surface area contributed by atoms with Crippen molar-refractivity contribution in [2.24, 2.45) is 0 Å². The molecular formula is C15H20N2. The number of benzene rings is 1. The lowest BCUT2D eigenvalue weighted by Crippen LogP contribution is -2.35. The van der Waals surface area contributed by atoms with Gasteiger partial charge in [-0.2, -0.15) is 5.26 Å². The van der Waals surface area contributed by atoms with Crippen LogP contribution < -0.4 is 0 Å². The zero-order valence-electron chi connectivity index (χ0n) is 10.5. The molecule has 0 spiro atoms. The average Bonchev–Trinajstić information content (AvgIpc) is 2.39. The maximum Gasteiger partial charge on any atom is 0.0994 e. The van der Waals surface area contributed by atoms with Gasteiger partial charge in [0.25, 0.3) is 0 Å². The van der Waals surface area contributed by atoms with Crippen molar-refractivity contribution < 1.29 is 0 Å². The van der Waals surface area contributed by atoms with Gasteiger partial charge in [0.15, 0.2) is 0 Å². The molecule has 0 amide bonds. The summed E-state index contributed by atoms with van der Waals surface area (Å²) in [5.41, 5.74) is 2.10. The summed E-state index contributed by atoms with van der Waals surface area (Å²) in [6, 6.07) is 10.4. The maximum absolute atomic E-state index is 9.15. The minimum atomic E-state index is 0.547. The molecule has 1 aromatic carbocycles. The number of hydrogen-bond acceptors (Lipinski definition) is 2. The lowest BCUT2D eigenvalue weighted by Gasteiger charge is -2.33. The third-order valence-electron chi connectivity index (χ3n) is 3.57. The zero-order chi connectivity index (χ0) is 12.1. The Hall–Kier alpha value is -1.33. The minimum absolute atomic E-state index is 0.547. The van der Waals surface area contributed by atoms with Crippen molar-refractivity contribution in [1.82, 2.24) is 4.90 Å². The summed E-state index contributed by atoms with van der Waals surface area (Å²) in [4.78, 5) is 2.53. The fraction of sp³-hybridized carbons (Fsp3) is 0.533. The highest BCUT2D eigenvalue weighted by molar-refractivity contribution is 5.40. The van der Waals surface area contributed by atoms with Crippen molar-refractivity contribution in [2.45, 2.75) is 32.1 Å². The van der Waals surface area contributed by atoms with Gasteiger partial charge in [0.05, 0.1) is 11.6 Å². The summed E-state index contributed by atoms with van der Waals surface area (Å²) in [7, 11) is 0. The van der Waals surface area contributed by atoms with E-state index in [4.69, 9.17) is 5.26 Å². The van der Waals surface area contributed by atoms with E-state index >= 15 is 0 Å². The van der Waals surface area contributed by atoms with Gasteiger partial charge in [-0.3, -0.25) is 0 Å². The second-order valence-electron chi connectivity index (χ2n) is 4.84. The Bertz CT molecular complexity index is 404. The predicted molar refractivity (Wildman–Crippen MR) is 69.9 cm³/mol. The minimum Gasteiger partial charge on any atom is -0.303 e. The zero-order valence-corrected chi connectivity index (χ0v) is 10.5. The molecule has 1 aliphatic rings. The number of nitriles is 1. The standard InChI is InChI=1S/C15H20N2/c1-2-9-17-10-5-7-14(12-17)15-8-4-3-6-13(15)11-16/h3-4,6,8,14H,2,5,7,9-10,12H2,1H3. The van der Waals surface area contributed by atoms with Crippen molar-refractivity contribution >= 4 is 0 Å². The highest BCUT2D eigenvalue weighted by atomic mass is 15.1. The summed E-state index contributed by atoms with van der Waals surface area (Å²) < 4.78 is 0. The molecule has 1 atom stereocenters. The van der Waals surface area contributed by atoms with E-state index in [-0.39, 0.29) is 0 Å². The topological polar surface area (TPSA) is 27.0 Å². The average molecular weight is 228 g/mol. The Labute approximate surface area is 104 Å². The van der Waals surface area contributed by atoms with Gasteiger partial charge < -0.3 is 4.90 Å². The van der Waals surface area contributed by atoms with Gasteiger partial charge in [-0.05, 0) is 49.9 Å². The van der Waals surface area contributed by atoms with Crippen LogP contribution in [0.4, 0.5) is 0 Å². The molecule has 0 radical (unpaired) electrons. The Morgan fingerprint density at radius 3 is 3.00 bits per heavy atom. The molecular weight excluding hydrogens is 208 g/mol. The van der Waals surface area contributed by atoms with E-state index in [1.165, 1.54) is 37.9 Å². The molecule has 1 aromatic rings. The molecule has 0 aromatic heterocycles. The number of hydrogen-bond donors (Lipinski definition) is 0. The normalized spacial score (nSPS) is 21.1. The lowest BCUT2D eigenvalue weighted by molar-refractivity contribution is 0.208. The largest absolute Gasteiger partial charge is 0.303 e. The molecule has 1 fully saturated rings. The third kappa shape index (κ3) is 2.87. The number of piperidine rings is 1. The van der Waals surface area contributed by atoms with Crippen LogP contribution in [-0.2, 0) is 0 Å². The second-order valence-corrected chi connectivity index (χ2v) is 4.84. The van der Waals surface area contributed by atoms with Crippen molar-refractivity contribution in [3.05, 3.63) is 35.4 Å². The highest BCUT2D eigenvalue weighted by Crippen LogP contribution is 2.28. The van der Waals surface area contributed by atoms with Gasteiger partial charge >= 0.3 is 0 Å². The van der Waals surface area contributed by atoms with Gasteiger partial charge in [0.2, 0.25) is 0 Å². The van der Waals surface area contributed by atoms with Gasteiger partial charge in [0.1, 0.15) is 0 Å². The smallest absolute Gasteiger partial charge is 0.0994 e. The van der Waals surface area contributed by atoms with Gasteiger partial charge in [-0.25, -0.2) is 0 Å². The Kier molecular flexibility index (Phi) is 4.17. The molecule has 2 heteroatoms. The van der Waals surface area contributed by atoms with Crippen LogP contribution in [-0.4, -0.2) is 24.5 Å². The van der Waals surface area contributed by atoms with E-state index in [1.807, 2.05) is 12.1 Å². The molecule has 0 saturated carbocycles. The molecule has 1 heterocycles. The molecule has 1 aliphatic heterocycles. The van der Waals surface area contributed by atoms with Gasteiger partial charge in [-0.1, -0.05) is 25.1 Å². The molecule has 17 heavy (non-hydrogen) atoms. The van der Waals surface area contributed by atoms with Crippen molar-refractivity contribution in [1.29, 1.82) is 5.26 Å². The number of likely N-dealkylation sites (tertiary alicyclic amines) is 1. The molecule has 0 bridgehead atoms. The van der Waals surface area contributed by atoms with Crippen LogP contribution in [0, 0.1) is 11.3 Å². The number of rotatable bonds is 3. The van der Waals surface area contributed by atoms with Gasteiger partial charge in [0, 0.05) is 6.54 Å². The van der Waals surface area contributed by atoms with Crippen LogP contribution in [0.25, 0.3) is 0 Å². The molecule has 0 aliphatic carbocycles. The summed E-state index contributed by atoms with van der Waals surface area (Å²) in [5.74, 6) is 0.547. The first-order valence-electron chi connectivity index (χ1n) is 6.56. The SMILES string of the molecule is CCCN1CCCC(c2ccccc2C#N)C1. The predicted octanol–water partition coefficient (Wildman–Crippen LogP) is 3.15. The first-order chi connectivity index (χ1) is 8.35. The van der Waals surface area contributed by atoms with Crippen LogP contribution in [0.2, 0.25) is 0 Å². The molecule has 0 N–H and O–H groups in total. The monoisotopic (exact) mass is 228 g/mol. The van der Waals surface area contributed by atoms with Crippen molar-refractivity contribution in [3.8, 4) is 6.07 Å². The Morgan fingerprint density at radius 1 is 1.41 bits per heavy atom. The summed E-state index contributed by atoms with van der Waals surface area (Å²) in [6.07, 6.45) is 3.69. The van der Waals surface area contributed by atoms with Crippen molar-refractivity contribution in [3.63, 3.8) is 0 Å². The number of nitrogens with zero attached hydrogens (tertiary/aromatic N) is 2. The van der Waals surface area contributed by atoms with Crippen LogP contribution in [0.1, 0.15) is 43.2 Å². The Balaban J connectivity index is 2.14. The molecule has 2 rings (SSSR count). The van der Waals surface area contributed by atoms with E-state index < -0.39 is 0 Å².